The SMILES string of the molecule is O=C(O)c1ccc(-c2ccc(F)c(F)c2)cc1OCc1cccc2ccccc12. The van der Waals surface area contributed by atoms with Crippen LogP contribution in [0.4, 0.5) is 8.78 Å². The van der Waals surface area contributed by atoms with Crippen LogP contribution in [-0.2, 0) is 6.61 Å². The van der Waals surface area contributed by atoms with E-state index in [1.54, 1.807) is 6.07 Å². The van der Waals surface area contributed by atoms with Crippen molar-refractivity contribution in [3.63, 3.8) is 0 Å². The third-order valence-electron chi connectivity index (χ3n) is 4.73. The normalized spacial score (nSPS) is 10.8. The quantitative estimate of drug-likeness (QED) is 0.450. The number of carboxylic acids is 1. The lowest BCUT2D eigenvalue weighted by Gasteiger charge is -2.13. The maximum atomic E-state index is 13.6. The molecule has 0 atom stereocenters. The Morgan fingerprint density at radius 3 is 2.34 bits per heavy atom. The van der Waals surface area contributed by atoms with E-state index in [0.29, 0.717) is 11.1 Å². The van der Waals surface area contributed by atoms with Crippen LogP contribution in [-0.4, -0.2) is 11.1 Å². The lowest BCUT2D eigenvalue weighted by molar-refractivity contribution is 0.0692. The van der Waals surface area contributed by atoms with Gasteiger partial charge in [-0.3, -0.25) is 0 Å². The Hall–Kier alpha value is -3.73. The van der Waals surface area contributed by atoms with Gasteiger partial charge < -0.3 is 9.84 Å². The van der Waals surface area contributed by atoms with Crippen LogP contribution in [0.25, 0.3) is 21.9 Å². The summed E-state index contributed by atoms with van der Waals surface area (Å²) < 4.78 is 32.7. The first-order chi connectivity index (χ1) is 14.0. The average Bonchev–Trinajstić information content (AvgIpc) is 2.74. The Morgan fingerprint density at radius 2 is 1.55 bits per heavy atom. The Labute approximate surface area is 165 Å². The van der Waals surface area contributed by atoms with Crippen molar-refractivity contribution < 1.29 is 23.4 Å². The maximum absolute atomic E-state index is 13.6. The number of carbonyl (C=O) groups is 1. The van der Waals surface area contributed by atoms with Crippen LogP contribution in [0.3, 0.4) is 0 Å². The summed E-state index contributed by atoms with van der Waals surface area (Å²) in [4.78, 5) is 11.6. The predicted octanol–water partition coefficient (Wildman–Crippen LogP) is 6.06. The molecule has 0 saturated heterocycles. The standard InChI is InChI=1S/C24H16F2O3/c25-21-11-9-16(12-22(21)26)17-8-10-20(24(27)28)23(13-17)29-14-18-6-3-5-15-4-1-2-7-19(15)18/h1-13H,14H2,(H,27,28). The van der Waals surface area contributed by atoms with Gasteiger partial charge in [0.1, 0.15) is 17.9 Å². The number of carboxylic acid groups (broad SMARTS) is 1. The van der Waals surface area contributed by atoms with E-state index in [4.69, 9.17) is 4.74 Å². The van der Waals surface area contributed by atoms with Crippen LogP contribution < -0.4 is 4.74 Å². The van der Waals surface area contributed by atoms with Crippen LogP contribution >= 0.6 is 0 Å². The third kappa shape index (κ3) is 3.80. The van der Waals surface area contributed by atoms with Gasteiger partial charge in [0, 0.05) is 0 Å². The number of fused-ring (bicyclic) bond motifs is 1. The van der Waals surface area contributed by atoms with Crippen LogP contribution in [0, 0.1) is 11.6 Å². The van der Waals surface area contributed by atoms with Gasteiger partial charge >= 0.3 is 5.97 Å². The second-order valence-corrected chi connectivity index (χ2v) is 6.57. The highest BCUT2D eigenvalue weighted by Gasteiger charge is 2.14. The number of aromatic carboxylic acids is 1. The van der Waals surface area contributed by atoms with Crippen molar-refractivity contribution in [1.82, 2.24) is 0 Å². The van der Waals surface area contributed by atoms with Crippen molar-refractivity contribution in [2.24, 2.45) is 0 Å². The molecule has 0 aliphatic heterocycles. The number of benzene rings is 4. The molecule has 0 aromatic heterocycles. The highest BCUT2D eigenvalue weighted by molar-refractivity contribution is 5.92. The first kappa shape index (κ1) is 18.6. The lowest BCUT2D eigenvalue weighted by Crippen LogP contribution is -2.04. The minimum atomic E-state index is -1.13. The molecule has 4 aromatic rings. The van der Waals surface area contributed by atoms with Gasteiger partial charge in [0.2, 0.25) is 0 Å². The fourth-order valence-corrected chi connectivity index (χ4v) is 3.25. The molecule has 0 amide bonds. The van der Waals surface area contributed by atoms with E-state index in [1.165, 1.54) is 18.2 Å². The average molecular weight is 390 g/mol. The van der Waals surface area contributed by atoms with Gasteiger partial charge in [-0.05, 0) is 51.7 Å². The molecule has 0 fully saturated rings. The van der Waals surface area contributed by atoms with Crippen molar-refractivity contribution in [2.75, 3.05) is 0 Å². The minimum Gasteiger partial charge on any atom is -0.488 e. The molecule has 1 N–H and O–H groups in total. The molecule has 29 heavy (non-hydrogen) atoms. The van der Waals surface area contributed by atoms with E-state index in [-0.39, 0.29) is 17.9 Å². The van der Waals surface area contributed by atoms with E-state index in [0.717, 1.165) is 28.5 Å². The smallest absolute Gasteiger partial charge is 0.339 e. The number of rotatable bonds is 5. The number of ether oxygens (including phenoxy) is 1. The van der Waals surface area contributed by atoms with Crippen LogP contribution in [0.15, 0.2) is 78.9 Å². The van der Waals surface area contributed by atoms with Gasteiger partial charge in [-0.15, -0.1) is 0 Å². The second kappa shape index (κ2) is 7.72. The molecule has 0 radical (unpaired) electrons. The number of halogens is 2. The van der Waals surface area contributed by atoms with Crippen molar-refractivity contribution in [2.45, 2.75) is 6.61 Å². The summed E-state index contributed by atoms with van der Waals surface area (Å²) in [5.74, 6) is -2.88. The molecule has 4 rings (SSSR count). The van der Waals surface area contributed by atoms with Crippen LogP contribution in [0.5, 0.6) is 5.75 Å². The Kier molecular flexibility index (Phi) is 4.96. The summed E-state index contributed by atoms with van der Waals surface area (Å²) in [6.07, 6.45) is 0. The fourth-order valence-electron chi connectivity index (χ4n) is 3.25. The van der Waals surface area contributed by atoms with Gasteiger partial charge in [-0.2, -0.15) is 0 Å². The van der Waals surface area contributed by atoms with E-state index in [1.807, 2.05) is 42.5 Å². The molecule has 0 saturated carbocycles. The molecular formula is C24H16F2O3. The third-order valence-corrected chi connectivity index (χ3v) is 4.73. The first-order valence-electron chi connectivity index (χ1n) is 8.95. The van der Waals surface area contributed by atoms with E-state index >= 15 is 0 Å². The minimum absolute atomic E-state index is 0.00318. The molecule has 5 heteroatoms. The topological polar surface area (TPSA) is 46.5 Å². The predicted molar refractivity (Wildman–Crippen MR) is 107 cm³/mol. The molecule has 4 aromatic carbocycles. The molecule has 0 heterocycles. The molecule has 0 bridgehead atoms. The van der Waals surface area contributed by atoms with Crippen molar-refractivity contribution in [3.8, 4) is 16.9 Å². The van der Waals surface area contributed by atoms with Crippen LogP contribution in [0.2, 0.25) is 0 Å². The molecular weight excluding hydrogens is 374 g/mol. The molecule has 3 nitrogen and oxygen atoms in total. The second-order valence-electron chi connectivity index (χ2n) is 6.57. The highest BCUT2D eigenvalue weighted by atomic mass is 19.2. The molecule has 0 spiro atoms. The van der Waals surface area contributed by atoms with E-state index in [9.17, 15) is 18.7 Å². The van der Waals surface area contributed by atoms with E-state index < -0.39 is 17.6 Å². The summed E-state index contributed by atoms with van der Waals surface area (Å²) >= 11 is 0. The summed E-state index contributed by atoms with van der Waals surface area (Å²) in [6.45, 7) is 0.170. The number of hydrogen-bond acceptors (Lipinski definition) is 2. The number of hydrogen-bond donors (Lipinski definition) is 1. The zero-order chi connectivity index (χ0) is 20.4. The van der Waals surface area contributed by atoms with Gasteiger partial charge in [0.15, 0.2) is 11.6 Å². The molecule has 0 aliphatic rings. The summed E-state index contributed by atoms with van der Waals surface area (Å²) in [5.41, 5.74) is 1.87. The monoisotopic (exact) mass is 390 g/mol. The fraction of sp³-hybridized carbons (Fsp3) is 0.0417. The Morgan fingerprint density at radius 1 is 0.828 bits per heavy atom. The largest absolute Gasteiger partial charge is 0.488 e. The molecule has 0 aliphatic carbocycles. The van der Waals surface area contributed by atoms with Gasteiger partial charge in [0.05, 0.1) is 0 Å². The summed E-state index contributed by atoms with van der Waals surface area (Å²) in [7, 11) is 0. The van der Waals surface area contributed by atoms with Crippen LogP contribution in [0.1, 0.15) is 15.9 Å². The van der Waals surface area contributed by atoms with Gasteiger partial charge in [0.25, 0.3) is 0 Å². The van der Waals surface area contributed by atoms with Crippen molar-refractivity contribution in [1.29, 1.82) is 0 Å². The Balaban J connectivity index is 1.69. The van der Waals surface area contributed by atoms with Crippen molar-refractivity contribution >= 4 is 16.7 Å². The van der Waals surface area contributed by atoms with Crippen molar-refractivity contribution in [3.05, 3.63) is 102 Å². The first-order valence-corrected chi connectivity index (χ1v) is 8.95. The molecule has 0 unspecified atom stereocenters. The lowest BCUT2D eigenvalue weighted by atomic mass is 10.0. The van der Waals surface area contributed by atoms with Gasteiger partial charge in [-0.1, -0.05) is 54.6 Å². The zero-order valence-electron chi connectivity index (χ0n) is 15.2. The maximum Gasteiger partial charge on any atom is 0.339 e. The highest BCUT2D eigenvalue weighted by Crippen LogP contribution is 2.30. The molecule has 144 valence electrons. The zero-order valence-corrected chi connectivity index (χ0v) is 15.2. The summed E-state index contributed by atoms with van der Waals surface area (Å²) in [6, 6.07) is 21.7. The summed E-state index contributed by atoms with van der Waals surface area (Å²) in [5, 5.41) is 11.6. The van der Waals surface area contributed by atoms with E-state index in [2.05, 4.69) is 0 Å². The van der Waals surface area contributed by atoms with Gasteiger partial charge in [-0.25, -0.2) is 13.6 Å². The Bertz CT molecular complexity index is 1210.